The molecule has 112 valence electrons. The van der Waals surface area contributed by atoms with E-state index in [4.69, 9.17) is 0 Å². The van der Waals surface area contributed by atoms with Crippen LogP contribution in [0, 0.1) is 17.5 Å². The zero-order chi connectivity index (χ0) is 15.5. The van der Waals surface area contributed by atoms with E-state index in [1.807, 2.05) is 5.32 Å². The van der Waals surface area contributed by atoms with Crippen molar-refractivity contribution in [3.63, 3.8) is 0 Å². The van der Waals surface area contributed by atoms with Gasteiger partial charge in [-0.1, -0.05) is 0 Å². The summed E-state index contributed by atoms with van der Waals surface area (Å²) >= 11 is 0. The molecule has 0 spiro atoms. The van der Waals surface area contributed by atoms with Gasteiger partial charge >= 0.3 is 0 Å². The first kappa shape index (κ1) is 16.4. The van der Waals surface area contributed by atoms with Gasteiger partial charge < -0.3 is 5.32 Å². The summed E-state index contributed by atoms with van der Waals surface area (Å²) in [6.45, 7) is 0. The Hall–Kier alpha value is -1.61. The number of hydrogen-bond acceptors (Lipinski definition) is 3. The lowest BCUT2D eigenvalue weighted by Crippen LogP contribution is -2.27. The molecular weight excluding hydrogens is 297 g/mol. The summed E-state index contributed by atoms with van der Waals surface area (Å²) in [5, 5.41) is 1.99. The largest absolute Gasteiger partial charge is 0.323 e. The molecule has 0 heterocycles. The van der Waals surface area contributed by atoms with Crippen molar-refractivity contribution in [2.24, 2.45) is 0 Å². The Morgan fingerprint density at radius 1 is 1.20 bits per heavy atom. The number of carbonyl (C=O) groups excluding carboxylic acids is 1. The lowest BCUT2D eigenvalue weighted by molar-refractivity contribution is -0.115. The van der Waals surface area contributed by atoms with Gasteiger partial charge in [0.25, 0.3) is 0 Å². The highest BCUT2D eigenvalue weighted by Crippen LogP contribution is 2.19. The number of carbonyl (C=O) groups is 1. The second kappa shape index (κ2) is 6.23. The van der Waals surface area contributed by atoms with E-state index in [1.54, 1.807) is 0 Å². The summed E-state index contributed by atoms with van der Waals surface area (Å²) in [6, 6.07) is 1.51. The number of nitrogens with zero attached hydrogens (tertiary/aromatic N) is 1. The molecule has 1 aromatic rings. The third-order valence-electron chi connectivity index (χ3n) is 2.45. The molecule has 0 atom stereocenters. The van der Waals surface area contributed by atoms with Gasteiger partial charge in [-0.15, -0.1) is 0 Å². The molecule has 0 saturated heterocycles. The van der Waals surface area contributed by atoms with Crippen LogP contribution in [0.15, 0.2) is 12.1 Å². The summed E-state index contributed by atoms with van der Waals surface area (Å²) < 4.78 is 62.6. The van der Waals surface area contributed by atoms with Gasteiger partial charge in [-0.3, -0.25) is 4.79 Å². The molecule has 0 aromatic heterocycles. The first-order chi connectivity index (χ1) is 9.15. The fraction of sp³-hybridized carbons (Fsp3) is 0.364. The normalized spacial score (nSPS) is 11.7. The summed E-state index contributed by atoms with van der Waals surface area (Å²) in [4.78, 5) is 11.5. The summed E-state index contributed by atoms with van der Waals surface area (Å²) in [5.41, 5.74) is -0.545. The fourth-order valence-electron chi connectivity index (χ4n) is 1.24. The maximum absolute atomic E-state index is 13.3. The van der Waals surface area contributed by atoms with Gasteiger partial charge in [-0.05, 0) is 12.1 Å². The molecule has 1 amide bonds. The van der Waals surface area contributed by atoms with Gasteiger partial charge in [0.05, 0.1) is 11.4 Å². The SMILES string of the molecule is CN(C)S(=O)(=O)CCC(=O)Nc1ccc(F)c(F)c1F. The third-order valence-corrected chi connectivity index (χ3v) is 4.29. The Morgan fingerprint density at radius 2 is 1.80 bits per heavy atom. The van der Waals surface area contributed by atoms with E-state index in [0.29, 0.717) is 6.07 Å². The van der Waals surface area contributed by atoms with E-state index in [2.05, 4.69) is 0 Å². The van der Waals surface area contributed by atoms with Crippen molar-refractivity contribution < 1.29 is 26.4 Å². The second-order valence-electron chi connectivity index (χ2n) is 4.12. The van der Waals surface area contributed by atoms with Crippen molar-refractivity contribution in [1.82, 2.24) is 4.31 Å². The van der Waals surface area contributed by atoms with Crippen LogP contribution >= 0.6 is 0 Å². The quantitative estimate of drug-likeness (QED) is 0.834. The first-order valence-corrected chi connectivity index (χ1v) is 7.09. The maximum Gasteiger partial charge on any atom is 0.225 e. The highest BCUT2D eigenvalue weighted by molar-refractivity contribution is 7.89. The zero-order valence-electron chi connectivity index (χ0n) is 10.8. The molecule has 0 saturated carbocycles. The van der Waals surface area contributed by atoms with E-state index in [0.717, 1.165) is 10.4 Å². The summed E-state index contributed by atoms with van der Waals surface area (Å²) in [5.74, 6) is -5.91. The van der Waals surface area contributed by atoms with Gasteiger partial charge in [0.2, 0.25) is 15.9 Å². The van der Waals surface area contributed by atoms with Gasteiger partial charge in [-0.2, -0.15) is 0 Å². The Balaban J connectivity index is 2.71. The smallest absolute Gasteiger partial charge is 0.225 e. The molecule has 0 radical (unpaired) electrons. The van der Waals surface area contributed by atoms with Crippen molar-refractivity contribution >= 4 is 21.6 Å². The Bertz CT molecular complexity index is 618. The Kier molecular flexibility index (Phi) is 5.12. The lowest BCUT2D eigenvalue weighted by atomic mass is 10.2. The van der Waals surface area contributed by atoms with Crippen LogP contribution in [0.1, 0.15) is 6.42 Å². The molecule has 0 aliphatic carbocycles. The van der Waals surface area contributed by atoms with Crippen LogP contribution in [0.2, 0.25) is 0 Å². The second-order valence-corrected chi connectivity index (χ2v) is 6.42. The summed E-state index contributed by atoms with van der Waals surface area (Å²) in [7, 11) is -0.950. The average Bonchev–Trinajstić information content (AvgIpc) is 2.37. The van der Waals surface area contributed by atoms with Gasteiger partial charge in [0, 0.05) is 20.5 Å². The molecule has 9 heteroatoms. The minimum atomic E-state index is -3.57. The Morgan fingerprint density at radius 3 is 2.35 bits per heavy atom. The van der Waals surface area contributed by atoms with Crippen LogP contribution in [0.5, 0.6) is 0 Å². The topological polar surface area (TPSA) is 66.5 Å². The van der Waals surface area contributed by atoms with Gasteiger partial charge in [0.15, 0.2) is 17.5 Å². The number of sulfonamides is 1. The molecule has 0 fully saturated rings. The number of rotatable bonds is 5. The predicted molar refractivity (Wildman–Crippen MR) is 67.0 cm³/mol. The molecule has 0 unspecified atom stereocenters. The molecule has 1 aromatic carbocycles. The van der Waals surface area contributed by atoms with Crippen LogP contribution in [-0.2, 0) is 14.8 Å². The number of benzene rings is 1. The molecular formula is C11H13F3N2O3S. The standard InChI is InChI=1S/C11H13F3N2O3S/c1-16(2)20(18,19)6-5-9(17)15-8-4-3-7(12)10(13)11(8)14/h3-4H,5-6H2,1-2H3,(H,15,17). The molecule has 20 heavy (non-hydrogen) atoms. The fourth-order valence-corrected chi connectivity index (χ4v) is 2.05. The minimum Gasteiger partial charge on any atom is -0.323 e. The first-order valence-electron chi connectivity index (χ1n) is 5.48. The molecule has 1 N–H and O–H groups in total. The zero-order valence-corrected chi connectivity index (χ0v) is 11.6. The van der Waals surface area contributed by atoms with E-state index in [9.17, 15) is 26.4 Å². The van der Waals surface area contributed by atoms with Crippen molar-refractivity contribution in [3.05, 3.63) is 29.6 Å². The van der Waals surface area contributed by atoms with Crippen LogP contribution < -0.4 is 5.32 Å². The molecule has 1 rings (SSSR count). The Labute approximate surface area is 114 Å². The van der Waals surface area contributed by atoms with E-state index < -0.39 is 51.2 Å². The maximum atomic E-state index is 13.3. The number of amides is 1. The van der Waals surface area contributed by atoms with Crippen molar-refractivity contribution in [2.45, 2.75) is 6.42 Å². The van der Waals surface area contributed by atoms with Crippen LogP contribution in [0.25, 0.3) is 0 Å². The van der Waals surface area contributed by atoms with E-state index in [1.165, 1.54) is 14.1 Å². The highest BCUT2D eigenvalue weighted by atomic mass is 32.2. The van der Waals surface area contributed by atoms with Gasteiger partial charge in [-0.25, -0.2) is 25.9 Å². The molecule has 0 aliphatic heterocycles. The van der Waals surface area contributed by atoms with Crippen LogP contribution in [0.4, 0.5) is 18.9 Å². The molecule has 5 nitrogen and oxygen atoms in total. The third kappa shape index (κ3) is 3.94. The van der Waals surface area contributed by atoms with Crippen LogP contribution in [0.3, 0.4) is 0 Å². The van der Waals surface area contributed by atoms with Crippen molar-refractivity contribution in [2.75, 3.05) is 25.2 Å². The van der Waals surface area contributed by atoms with Crippen molar-refractivity contribution in [3.8, 4) is 0 Å². The van der Waals surface area contributed by atoms with Gasteiger partial charge in [0.1, 0.15) is 0 Å². The molecule has 0 bridgehead atoms. The van der Waals surface area contributed by atoms with Crippen LogP contribution in [-0.4, -0.2) is 38.5 Å². The number of anilines is 1. The van der Waals surface area contributed by atoms with E-state index in [-0.39, 0.29) is 0 Å². The number of hydrogen-bond donors (Lipinski definition) is 1. The minimum absolute atomic E-state index is 0.432. The average molecular weight is 310 g/mol. The highest BCUT2D eigenvalue weighted by Gasteiger charge is 2.18. The van der Waals surface area contributed by atoms with E-state index >= 15 is 0 Å². The predicted octanol–water partition coefficient (Wildman–Crippen LogP) is 1.32. The summed E-state index contributed by atoms with van der Waals surface area (Å²) in [6.07, 6.45) is -0.432. The van der Waals surface area contributed by atoms with Crippen molar-refractivity contribution in [1.29, 1.82) is 0 Å². The number of nitrogens with one attached hydrogen (secondary N) is 1. The lowest BCUT2D eigenvalue weighted by Gasteiger charge is -2.11. The number of halogens is 3. The molecule has 0 aliphatic rings. The monoisotopic (exact) mass is 310 g/mol.